The largest absolute Gasteiger partial charge is 0.384 e. The number of hydrogen-bond acceptors (Lipinski definition) is 4. The zero-order valence-electron chi connectivity index (χ0n) is 18.0. The average molecular weight is 411 g/mol. The predicted octanol–water partition coefficient (Wildman–Crippen LogP) is 4.34. The second-order valence-corrected chi connectivity index (χ2v) is 8.46. The third-order valence-corrected chi connectivity index (χ3v) is 6.55. The van der Waals surface area contributed by atoms with E-state index in [4.69, 9.17) is 5.73 Å². The number of nitrogens with zero attached hydrogens (tertiary/aromatic N) is 2. The summed E-state index contributed by atoms with van der Waals surface area (Å²) < 4.78 is 0. The fraction of sp³-hybridized carbons (Fsp3) is 0.231. The van der Waals surface area contributed by atoms with Crippen molar-refractivity contribution in [3.63, 3.8) is 0 Å². The van der Waals surface area contributed by atoms with Crippen molar-refractivity contribution in [3.8, 4) is 0 Å². The van der Waals surface area contributed by atoms with Gasteiger partial charge in [-0.3, -0.25) is 9.69 Å². The Morgan fingerprint density at radius 1 is 1.10 bits per heavy atom. The Morgan fingerprint density at radius 3 is 2.61 bits per heavy atom. The first kappa shape index (κ1) is 19.5. The van der Waals surface area contributed by atoms with Gasteiger partial charge in [-0.05, 0) is 72.5 Å². The molecule has 2 bridgehead atoms. The van der Waals surface area contributed by atoms with Crippen LogP contribution in [0.2, 0.25) is 0 Å². The number of fused-ring (bicyclic) bond motifs is 5. The summed E-state index contributed by atoms with van der Waals surface area (Å²) in [5.74, 6) is 0.430. The lowest BCUT2D eigenvalue weighted by molar-refractivity contribution is 0.0950. The van der Waals surface area contributed by atoms with Crippen LogP contribution < -0.4 is 11.1 Å². The fourth-order valence-electron chi connectivity index (χ4n) is 4.99. The SMILES string of the molecule is Cc1cc(N)nc(C)c1CNC(=O)c1ccc2c(c1)C1C(c3ccccc3)=CC2N1C. The molecule has 3 heterocycles. The highest BCUT2D eigenvalue weighted by Crippen LogP contribution is 2.54. The molecule has 1 aromatic heterocycles. The number of benzene rings is 2. The van der Waals surface area contributed by atoms with Crippen molar-refractivity contribution < 1.29 is 4.79 Å². The molecule has 5 heteroatoms. The summed E-state index contributed by atoms with van der Waals surface area (Å²) in [5.41, 5.74) is 14.5. The van der Waals surface area contributed by atoms with Gasteiger partial charge in [-0.2, -0.15) is 0 Å². The summed E-state index contributed by atoms with van der Waals surface area (Å²) in [6.45, 7) is 4.35. The van der Waals surface area contributed by atoms with E-state index in [-0.39, 0.29) is 18.0 Å². The number of carbonyl (C=O) groups excluding carboxylic acids is 1. The Morgan fingerprint density at radius 2 is 1.87 bits per heavy atom. The Kier molecular flexibility index (Phi) is 4.63. The van der Waals surface area contributed by atoms with Gasteiger partial charge in [0.05, 0.1) is 12.1 Å². The zero-order valence-corrected chi connectivity index (χ0v) is 18.0. The highest BCUT2D eigenvalue weighted by atomic mass is 16.1. The second-order valence-electron chi connectivity index (χ2n) is 8.46. The summed E-state index contributed by atoms with van der Waals surface area (Å²) in [4.78, 5) is 19.7. The lowest BCUT2D eigenvalue weighted by Gasteiger charge is -2.20. The van der Waals surface area contributed by atoms with E-state index in [9.17, 15) is 4.79 Å². The van der Waals surface area contributed by atoms with Gasteiger partial charge >= 0.3 is 0 Å². The molecule has 31 heavy (non-hydrogen) atoms. The van der Waals surface area contributed by atoms with Crippen LogP contribution in [0.15, 0.2) is 60.7 Å². The summed E-state index contributed by atoms with van der Waals surface area (Å²) >= 11 is 0. The van der Waals surface area contributed by atoms with Gasteiger partial charge in [0.1, 0.15) is 5.82 Å². The standard InChI is InChI=1S/C26H26N4O/c1-15-11-24(27)29-16(2)22(15)14-28-26(31)18-9-10-19-21(12-18)25-20(13-23(19)30(25)3)17-7-5-4-6-8-17/h4-13,23,25H,14H2,1-3H3,(H2,27,29)(H,28,31). The Balaban J connectivity index is 1.39. The van der Waals surface area contributed by atoms with Crippen molar-refractivity contribution in [2.24, 2.45) is 0 Å². The van der Waals surface area contributed by atoms with Gasteiger partial charge in [0.25, 0.3) is 5.91 Å². The lowest BCUT2D eigenvalue weighted by Crippen LogP contribution is -2.24. The summed E-state index contributed by atoms with van der Waals surface area (Å²) in [6, 6.07) is 18.9. The maximum Gasteiger partial charge on any atom is 0.251 e. The predicted molar refractivity (Wildman–Crippen MR) is 123 cm³/mol. The number of aromatic nitrogens is 1. The number of anilines is 1. The number of nitrogen functional groups attached to an aromatic ring is 1. The first-order valence-corrected chi connectivity index (χ1v) is 10.6. The number of amides is 1. The smallest absolute Gasteiger partial charge is 0.251 e. The van der Waals surface area contributed by atoms with Gasteiger partial charge in [0.15, 0.2) is 0 Å². The van der Waals surface area contributed by atoms with Crippen molar-refractivity contribution in [2.45, 2.75) is 32.5 Å². The highest BCUT2D eigenvalue weighted by molar-refractivity contribution is 5.95. The third-order valence-electron chi connectivity index (χ3n) is 6.55. The molecule has 2 aromatic carbocycles. The van der Waals surface area contributed by atoms with Crippen LogP contribution in [0, 0.1) is 13.8 Å². The number of nitrogens with one attached hydrogen (secondary N) is 1. The van der Waals surface area contributed by atoms with Crippen molar-refractivity contribution in [1.29, 1.82) is 0 Å². The zero-order chi connectivity index (χ0) is 21.7. The van der Waals surface area contributed by atoms with E-state index in [0.717, 1.165) is 16.8 Å². The normalized spacial score (nSPS) is 19.3. The second kappa shape index (κ2) is 7.36. The van der Waals surface area contributed by atoms with Crippen molar-refractivity contribution >= 4 is 17.3 Å². The molecular formula is C26H26N4O. The summed E-state index contributed by atoms with van der Waals surface area (Å²) in [6.07, 6.45) is 2.35. The number of rotatable bonds is 4. The summed E-state index contributed by atoms with van der Waals surface area (Å²) in [5, 5.41) is 3.06. The third kappa shape index (κ3) is 3.22. The van der Waals surface area contributed by atoms with Crippen LogP contribution in [0.3, 0.4) is 0 Å². The molecule has 2 atom stereocenters. The number of hydrogen-bond donors (Lipinski definition) is 2. The van der Waals surface area contributed by atoms with Gasteiger partial charge in [-0.1, -0.05) is 42.5 Å². The van der Waals surface area contributed by atoms with Gasteiger partial charge in [0.2, 0.25) is 0 Å². The molecular weight excluding hydrogens is 384 g/mol. The molecule has 0 saturated heterocycles. The van der Waals surface area contributed by atoms with Crippen LogP contribution in [-0.4, -0.2) is 22.8 Å². The van der Waals surface area contributed by atoms with E-state index < -0.39 is 0 Å². The minimum Gasteiger partial charge on any atom is -0.384 e. The highest BCUT2D eigenvalue weighted by Gasteiger charge is 2.43. The minimum absolute atomic E-state index is 0.0749. The van der Waals surface area contributed by atoms with E-state index >= 15 is 0 Å². The molecule has 2 aliphatic heterocycles. The Labute approximate surface area is 182 Å². The Hall–Kier alpha value is -3.44. The molecule has 5 nitrogen and oxygen atoms in total. The Bertz CT molecular complexity index is 1190. The maximum absolute atomic E-state index is 13.0. The van der Waals surface area contributed by atoms with Gasteiger partial charge in [-0.15, -0.1) is 0 Å². The number of pyridine rings is 1. The van der Waals surface area contributed by atoms with E-state index in [1.165, 1.54) is 22.3 Å². The van der Waals surface area contributed by atoms with Crippen LogP contribution in [0.25, 0.3) is 5.57 Å². The molecule has 0 aliphatic carbocycles. The quantitative estimate of drug-likeness (QED) is 0.671. The molecule has 0 radical (unpaired) electrons. The summed E-state index contributed by atoms with van der Waals surface area (Å²) in [7, 11) is 2.15. The number of aryl methyl sites for hydroxylation is 2. The topological polar surface area (TPSA) is 71.2 Å². The van der Waals surface area contributed by atoms with Gasteiger partial charge in [-0.25, -0.2) is 4.98 Å². The number of carbonyl (C=O) groups is 1. The molecule has 0 spiro atoms. The van der Waals surface area contributed by atoms with E-state index in [1.54, 1.807) is 0 Å². The number of nitrogens with two attached hydrogens (primary N) is 1. The van der Waals surface area contributed by atoms with E-state index in [2.05, 4.69) is 64.7 Å². The maximum atomic E-state index is 13.0. The van der Waals surface area contributed by atoms with Gasteiger partial charge in [0, 0.05) is 17.8 Å². The molecule has 2 unspecified atom stereocenters. The lowest BCUT2D eigenvalue weighted by atomic mass is 9.87. The molecule has 3 aromatic rings. The first-order chi connectivity index (χ1) is 14.9. The van der Waals surface area contributed by atoms with Gasteiger partial charge < -0.3 is 11.1 Å². The van der Waals surface area contributed by atoms with E-state index in [0.29, 0.717) is 17.9 Å². The van der Waals surface area contributed by atoms with Crippen molar-refractivity contribution in [3.05, 3.63) is 99.7 Å². The van der Waals surface area contributed by atoms with Crippen LogP contribution in [0.5, 0.6) is 0 Å². The molecule has 5 rings (SSSR count). The van der Waals surface area contributed by atoms with Crippen LogP contribution in [-0.2, 0) is 6.54 Å². The molecule has 156 valence electrons. The first-order valence-electron chi connectivity index (χ1n) is 10.6. The van der Waals surface area contributed by atoms with Crippen LogP contribution in [0.1, 0.15) is 56.0 Å². The molecule has 3 N–H and O–H groups in total. The van der Waals surface area contributed by atoms with Crippen molar-refractivity contribution in [1.82, 2.24) is 15.2 Å². The van der Waals surface area contributed by atoms with E-state index in [1.807, 2.05) is 32.0 Å². The monoisotopic (exact) mass is 410 g/mol. The molecule has 0 saturated carbocycles. The number of likely N-dealkylation sites (N-methyl/N-ethyl adjacent to an activating group) is 1. The minimum atomic E-state index is -0.0749. The van der Waals surface area contributed by atoms with Crippen LogP contribution in [0.4, 0.5) is 5.82 Å². The fourth-order valence-corrected chi connectivity index (χ4v) is 4.99. The molecule has 2 aliphatic rings. The average Bonchev–Trinajstić information content (AvgIpc) is 3.23. The molecule has 1 amide bonds. The molecule has 0 fully saturated rings. The van der Waals surface area contributed by atoms with Crippen LogP contribution >= 0.6 is 0 Å². The van der Waals surface area contributed by atoms with Crippen molar-refractivity contribution in [2.75, 3.05) is 12.8 Å².